The first-order valence-corrected chi connectivity index (χ1v) is 6.11. The van der Waals surface area contributed by atoms with Gasteiger partial charge in [-0.2, -0.15) is 4.98 Å². The summed E-state index contributed by atoms with van der Waals surface area (Å²) in [5.41, 5.74) is 2.53. The van der Waals surface area contributed by atoms with Crippen LogP contribution in [0.2, 0.25) is 0 Å². The molecule has 17 heavy (non-hydrogen) atoms. The second kappa shape index (κ2) is 3.87. The Morgan fingerprint density at radius 3 is 2.76 bits per heavy atom. The van der Waals surface area contributed by atoms with E-state index in [-0.39, 0.29) is 0 Å². The third-order valence-corrected chi connectivity index (χ3v) is 3.29. The minimum Gasteiger partial charge on any atom is -0.340 e. The average molecular weight is 228 g/mol. The van der Waals surface area contributed by atoms with Gasteiger partial charge in [-0.1, -0.05) is 24.3 Å². The predicted molar refractivity (Wildman–Crippen MR) is 68.1 cm³/mol. The minimum absolute atomic E-state index is 0.847. The van der Waals surface area contributed by atoms with Crippen molar-refractivity contribution in [2.24, 2.45) is 0 Å². The number of anilines is 1. The van der Waals surface area contributed by atoms with E-state index in [1.807, 2.05) is 4.68 Å². The van der Waals surface area contributed by atoms with Gasteiger partial charge in [-0.15, -0.1) is 5.10 Å². The quantitative estimate of drug-likeness (QED) is 0.689. The number of benzene rings is 1. The molecule has 88 valence electrons. The van der Waals surface area contributed by atoms with Gasteiger partial charge in [-0.3, -0.25) is 0 Å². The number of fused-ring (bicyclic) bond motifs is 3. The second-order valence-electron chi connectivity index (χ2n) is 4.22. The van der Waals surface area contributed by atoms with Crippen LogP contribution in [0.1, 0.15) is 19.4 Å². The largest absolute Gasteiger partial charge is 0.340 e. The van der Waals surface area contributed by atoms with Crippen molar-refractivity contribution in [3.63, 3.8) is 0 Å². The fraction of sp³-hybridized carbons (Fsp3) is 0.385. The van der Waals surface area contributed by atoms with Crippen molar-refractivity contribution in [3.05, 3.63) is 29.8 Å². The molecular weight excluding hydrogens is 212 g/mol. The van der Waals surface area contributed by atoms with Gasteiger partial charge in [0, 0.05) is 18.7 Å². The Kier molecular flexibility index (Phi) is 2.35. The monoisotopic (exact) mass is 228 g/mol. The van der Waals surface area contributed by atoms with Crippen LogP contribution in [0.25, 0.3) is 11.4 Å². The molecule has 0 aliphatic carbocycles. The van der Waals surface area contributed by atoms with E-state index >= 15 is 0 Å². The summed E-state index contributed by atoms with van der Waals surface area (Å²) >= 11 is 0. The lowest BCUT2D eigenvalue weighted by molar-refractivity contribution is 0.706. The zero-order chi connectivity index (χ0) is 11.8. The zero-order valence-electron chi connectivity index (χ0n) is 10.2. The van der Waals surface area contributed by atoms with E-state index < -0.39 is 0 Å². The summed E-state index contributed by atoms with van der Waals surface area (Å²) in [5.74, 6) is 1.85. The molecule has 0 fully saturated rings. The molecule has 4 nitrogen and oxygen atoms in total. The van der Waals surface area contributed by atoms with Gasteiger partial charge in [0.25, 0.3) is 0 Å². The smallest absolute Gasteiger partial charge is 0.245 e. The van der Waals surface area contributed by atoms with E-state index in [0.29, 0.717) is 0 Å². The number of nitrogens with zero attached hydrogens (tertiary/aromatic N) is 4. The Hall–Kier alpha value is -1.84. The first-order valence-electron chi connectivity index (χ1n) is 6.11. The molecule has 1 aliphatic heterocycles. The maximum absolute atomic E-state index is 4.65. The average Bonchev–Trinajstić information content (AvgIpc) is 2.88. The van der Waals surface area contributed by atoms with Gasteiger partial charge in [0.2, 0.25) is 5.95 Å². The Morgan fingerprint density at radius 2 is 2.00 bits per heavy atom. The summed E-state index contributed by atoms with van der Waals surface area (Å²) in [5, 5.41) is 4.58. The van der Waals surface area contributed by atoms with Crippen molar-refractivity contribution in [2.45, 2.75) is 20.4 Å². The number of hydrogen-bond acceptors (Lipinski definition) is 3. The predicted octanol–water partition coefficient (Wildman–Crippen LogP) is 2.15. The van der Waals surface area contributed by atoms with Crippen LogP contribution in [-0.4, -0.2) is 27.9 Å². The molecule has 0 bridgehead atoms. The maximum Gasteiger partial charge on any atom is 0.245 e. The number of hydrogen-bond donors (Lipinski definition) is 0. The van der Waals surface area contributed by atoms with E-state index in [2.05, 4.69) is 53.1 Å². The SMILES string of the molecule is CCN(CC)c1nc2n(n1)Cc1ccccc1-2. The van der Waals surface area contributed by atoms with Gasteiger partial charge in [0.15, 0.2) is 5.82 Å². The molecule has 1 aliphatic rings. The van der Waals surface area contributed by atoms with Gasteiger partial charge >= 0.3 is 0 Å². The third kappa shape index (κ3) is 1.52. The molecule has 0 N–H and O–H groups in total. The van der Waals surface area contributed by atoms with Crippen molar-refractivity contribution < 1.29 is 0 Å². The summed E-state index contributed by atoms with van der Waals surface area (Å²) in [6, 6.07) is 8.38. The number of aromatic nitrogens is 3. The highest BCUT2D eigenvalue weighted by molar-refractivity contribution is 5.65. The van der Waals surface area contributed by atoms with Crippen LogP contribution in [0, 0.1) is 0 Å². The molecule has 1 aromatic carbocycles. The fourth-order valence-corrected chi connectivity index (χ4v) is 2.32. The van der Waals surface area contributed by atoms with Crippen LogP contribution in [-0.2, 0) is 6.54 Å². The first-order chi connectivity index (χ1) is 8.33. The Balaban J connectivity index is 2.03. The fourth-order valence-electron chi connectivity index (χ4n) is 2.32. The molecule has 3 rings (SSSR count). The van der Waals surface area contributed by atoms with Crippen LogP contribution in [0.4, 0.5) is 5.95 Å². The van der Waals surface area contributed by atoms with E-state index in [1.54, 1.807) is 0 Å². The topological polar surface area (TPSA) is 34.0 Å². The van der Waals surface area contributed by atoms with Crippen LogP contribution < -0.4 is 4.90 Å². The van der Waals surface area contributed by atoms with Gasteiger partial charge in [0.1, 0.15) is 0 Å². The third-order valence-electron chi connectivity index (χ3n) is 3.29. The summed E-state index contributed by atoms with van der Waals surface area (Å²) in [7, 11) is 0. The maximum atomic E-state index is 4.65. The summed E-state index contributed by atoms with van der Waals surface area (Å²) in [6.07, 6.45) is 0. The second-order valence-corrected chi connectivity index (χ2v) is 4.22. The molecule has 0 atom stereocenters. The highest BCUT2D eigenvalue weighted by atomic mass is 15.4. The Bertz CT molecular complexity index is 540. The van der Waals surface area contributed by atoms with Gasteiger partial charge in [-0.05, 0) is 19.4 Å². The molecular formula is C13H16N4. The van der Waals surface area contributed by atoms with E-state index in [1.165, 1.54) is 11.1 Å². The van der Waals surface area contributed by atoms with E-state index in [4.69, 9.17) is 0 Å². The molecule has 0 amide bonds. The molecule has 1 aromatic heterocycles. The molecule has 0 saturated heterocycles. The normalized spacial score (nSPS) is 12.4. The van der Waals surface area contributed by atoms with Crippen LogP contribution in [0.3, 0.4) is 0 Å². The van der Waals surface area contributed by atoms with E-state index in [0.717, 1.165) is 31.4 Å². The first kappa shape index (κ1) is 10.3. The van der Waals surface area contributed by atoms with Crippen molar-refractivity contribution >= 4 is 5.95 Å². The van der Waals surface area contributed by atoms with Crippen LogP contribution in [0.15, 0.2) is 24.3 Å². The van der Waals surface area contributed by atoms with Crippen molar-refractivity contribution in [2.75, 3.05) is 18.0 Å². The lowest BCUT2D eigenvalue weighted by Crippen LogP contribution is -2.23. The Labute approximate surface area is 101 Å². The lowest BCUT2D eigenvalue weighted by Gasteiger charge is -2.15. The van der Waals surface area contributed by atoms with E-state index in [9.17, 15) is 0 Å². The standard InChI is InChI=1S/C13H16N4/c1-3-16(4-2)13-14-12-11-8-6-5-7-10(11)9-17(12)15-13/h5-8H,3-4,9H2,1-2H3. The molecule has 0 saturated carbocycles. The van der Waals surface area contributed by atoms with Gasteiger partial charge in [-0.25, -0.2) is 4.68 Å². The van der Waals surface area contributed by atoms with Crippen molar-refractivity contribution in [3.8, 4) is 11.4 Å². The van der Waals surface area contributed by atoms with Gasteiger partial charge < -0.3 is 4.90 Å². The number of rotatable bonds is 3. The van der Waals surface area contributed by atoms with Crippen molar-refractivity contribution in [1.82, 2.24) is 14.8 Å². The van der Waals surface area contributed by atoms with Crippen LogP contribution in [0.5, 0.6) is 0 Å². The Morgan fingerprint density at radius 1 is 1.24 bits per heavy atom. The van der Waals surface area contributed by atoms with Crippen LogP contribution >= 0.6 is 0 Å². The molecule has 2 aromatic rings. The molecule has 2 heterocycles. The highest BCUT2D eigenvalue weighted by Gasteiger charge is 2.23. The summed E-state index contributed by atoms with van der Waals surface area (Å²) in [4.78, 5) is 6.83. The highest BCUT2D eigenvalue weighted by Crippen LogP contribution is 2.30. The molecule has 0 unspecified atom stereocenters. The van der Waals surface area contributed by atoms with Gasteiger partial charge in [0.05, 0.1) is 6.54 Å². The molecule has 0 spiro atoms. The van der Waals surface area contributed by atoms with Crippen molar-refractivity contribution in [1.29, 1.82) is 0 Å². The molecule has 4 heteroatoms. The lowest BCUT2D eigenvalue weighted by atomic mass is 10.1. The summed E-state index contributed by atoms with van der Waals surface area (Å²) in [6.45, 7) is 7.00. The zero-order valence-corrected chi connectivity index (χ0v) is 10.2. The summed E-state index contributed by atoms with van der Waals surface area (Å²) < 4.78 is 2.00. The minimum atomic E-state index is 0.847. The molecule has 0 radical (unpaired) electrons.